The van der Waals surface area contributed by atoms with E-state index in [1.165, 1.54) is 0 Å². The lowest BCUT2D eigenvalue weighted by Gasteiger charge is -2.03. The van der Waals surface area contributed by atoms with Crippen LogP contribution in [0.1, 0.15) is 5.56 Å². The van der Waals surface area contributed by atoms with E-state index < -0.39 is 0 Å². The maximum atomic E-state index is 5.73. The molecule has 0 saturated heterocycles. The second-order valence-corrected chi connectivity index (χ2v) is 3.68. The van der Waals surface area contributed by atoms with E-state index in [0.29, 0.717) is 6.61 Å². The highest BCUT2D eigenvalue weighted by atomic mass is 35.5. The molecule has 0 atom stereocenters. The molecule has 2 aromatic rings. The van der Waals surface area contributed by atoms with Crippen LogP contribution in [0.15, 0.2) is 36.5 Å². The molecule has 0 saturated carbocycles. The van der Waals surface area contributed by atoms with Gasteiger partial charge in [-0.3, -0.25) is 0 Å². The van der Waals surface area contributed by atoms with Gasteiger partial charge >= 0.3 is 0 Å². The van der Waals surface area contributed by atoms with Crippen LogP contribution >= 0.6 is 11.6 Å². The summed E-state index contributed by atoms with van der Waals surface area (Å²) in [4.78, 5) is 7.99. The maximum absolute atomic E-state index is 5.73. The highest BCUT2D eigenvalue weighted by Gasteiger charge is 2.00. The van der Waals surface area contributed by atoms with E-state index in [2.05, 4.69) is 9.97 Å². The van der Waals surface area contributed by atoms with Crippen LogP contribution in [0.3, 0.4) is 0 Å². The largest absolute Gasteiger partial charge is 0.380 e. The lowest BCUT2D eigenvalue weighted by Crippen LogP contribution is -1.89. The summed E-state index contributed by atoms with van der Waals surface area (Å²) >= 11 is 5.73. The van der Waals surface area contributed by atoms with Gasteiger partial charge in [0.15, 0.2) is 0 Å². The van der Waals surface area contributed by atoms with Gasteiger partial charge in [0.25, 0.3) is 0 Å². The molecule has 0 aliphatic carbocycles. The van der Waals surface area contributed by atoms with Crippen molar-refractivity contribution in [2.75, 3.05) is 7.11 Å². The zero-order valence-corrected chi connectivity index (χ0v) is 9.61. The molecule has 2 rings (SSSR count). The molecular weight excluding hydrogens is 224 g/mol. The molecule has 0 aliphatic rings. The number of benzene rings is 1. The maximum Gasteiger partial charge on any atom is 0.222 e. The number of aromatic nitrogens is 2. The smallest absolute Gasteiger partial charge is 0.222 e. The molecule has 0 spiro atoms. The molecule has 0 bridgehead atoms. The van der Waals surface area contributed by atoms with Crippen LogP contribution in [-0.2, 0) is 11.3 Å². The van der Waals surface area contributed by atoms with Crippen LogP contribution in [0.5, 0.6) is 0 Å². The SMILES string of the molecule is COCc1ccc(-c2ccnc(Cl)n2)cc1. The number of hydrogen-bond acceptors (Lipinski definition) is 3. The summed E-state index contributed by atoms with van der Waals surface area (Å²) in [6.45, 7) is 0.616. The van der Waals surface area contributed by atoms with Crippen LogP contribution in [0.4, 0.5) is 0 Å². The van der Waals surface area contributed by atoms with Crippen molar-refractivity contribution >= 4 is 11.6 Å². The standard InChI is InChI=1S/C12H11ClN2O/c1-16-8-9-2-4-10(5-3-9)11-6-7-14-12(13)15-11/h2-7H,8H2,1H3. The van der Waals surface area contributed by atoms with Crippen molar-refractivity contribution in [1.29, 1.82) is 0 Å². The molecule has 0 radical (unpaired) electrons. The number of hydrogen-bond donors (Lipinski definition) is 0. The number of nitrogens with zero attached hydrogens (tertiary/aromatic N) is 2. The predicted octanol–water partition coefficient (Wildman–Crippen LogP) is 2.94. The summed E-state index contributed by atoms with van der Waals surface area (Å²) in [6.07, 6.45) is 1.65. The molecule has 0 N–H and O–H groups in total. The first-order chi connectivity index (χ1) is 7.79. The molecule has 4 heteroatoms. The average Bonchev–Trinajstić information content (AvgIpc) is 2.30. The Hall–Kier alpha value is -1.45. The number of ether oxygens (including phenoxy) is 1. The fourth-order valence-corrected chi connectivity index (χ4v) is 1.58. The highest BCUT2D eigenvalue weighted by Crippen LogP contribution is 2.18. The van der Waals surface area contributed by atoms with E-state index in [0.717, 1.165) is 16.8 Å². The van der Waals surface area contributed by atoms with Gasteiger partial charge in [-0.05, 0) is 23.2 Å². The first-order valence-corrected chi connectivity index (χ1v) is 5.24. The van der Waals surface area contributed by atoms with Crippen molar-refractivity contribution in [3.05, 3.63) is 47.4 Å². The number of halogens is 1. The van der Waals surface area contributed by atoms with Crippen LogP contribution in [0, 0.1) is 0 Å². The first kappa shape index (κ1) is 11.0. The van der Waals surface area contributed by atoms with Crippen molar-refractivity contribution in [3.8, 4) is 11.3 Å². The summed E-state index contributed by atoms with van der Waals surface area (Å²) in [7, 11) is 1.68. The molecular formula is C12H11ClN2O. The van der Waals surface area contributed by atoms with Gasteiger partial charge in [-0.2, -0.15) is 0 Å². The van der Waals surface area contributed by atoms with E-state index in [9.17, 15) is 0 Å². The van der Waals surface area contributed by atoms with Crippen molar-refractivity contribution in [2.45, 2.75) is 6.61 Å². The third-order valence-corrected chi connectivity index (χ3v) is 2.37. The van der Waals surface area contributed by atoms with Crippen LogP contribution < -0.4 is 0 Å². The lowest BCUT2D eigenvalue weighted by atomic mass is 10.1. The Bertz CT molecular complexity index is 471. The van der Waals surface area contributed by atoms with E-state index >= 15 is 0 Å². The monoisotopic (exact) mass is 234 g/mol. The zero-order valence-electron chi connectivity index (χ0n) is 8.85. The minimum Gasteiger partial charge on any atom is -0.380 e. The number of methoxy groups -OCH3 is 1. The van der Waals surface area contributed by atoms with Gasteiger partial charge in [0.2, 0.25) is 5.28 Å². The topological polar surface area (TPSA) is 35.0 Å². The molecule has 16 heavy (non-hydrogen) atoms. The third-order valence-electron chi connectivity index (χ3n) is 2.19. The van der Waals surface area contributed by atoms with Gasteiger partial charge in [0.05, 0.1) is 12.3 Å². The molecule has 1 heterocycles. The summed E-state index contributed by atoms with van der Waals surface area (Å²) in [5.41, 5.74) is 2.97. The molecule has 82 valence electrons. The Balaban J connectivity index is 2.27. The van der Waals surface area contributed by atoms with Crippen molar-refractivity contribution in [2.24, 2.45) is 0 Å². The Kier molecular flexibility index (Phi) is 3.49. The molecule has 0 unspecified atom stereocenters. The summed E-state index contributed by atoms with van der Waals surface area (Å²) < 4.78 is 5.05. The summed E-state index contributed by atoms with van der Waals surface area (Å²) in [5.74, 6) is 0. The van der Waals surface area contributed by atoms with Crippen LogP contribution in [-0.4, -0.2) is 17.1 Å². The van der Waals surface area contributed by atoms with Gasteiger partial charge in [-0.1, -0.05) is 24.3 Å². The number of rotatable bonds is 3. The van der Waals surface area contributed by atoms with Crippen molar-refractivity contribution in [3.63, 3.8) is 0 Å². The van der Waals surface area contributed by atoms with E-state index in [1.807, 2.05) is 30.3 Å². The van der Waals surface area contributed by atoms with Gasteiger partial charge in [0.1, 0.15) is 0 Å². The summed E-state index contributed by atoms with van der Waals surface area (Å²) in [6, 6.07) is 9.83. The second kappa shape index (κ2) is 5.05. The van der Waals surface area contributed by atoms with E-state index in [4.69, 9.17) is 16.3 Å². The molecule has 1 aromatic heterocycles. The second-order valence-electron chi connectivity index (χ2n) is 3.34. The van der Waals surface area contributed by atoms with Crippen LogP contribution in [0.2, 0.25) is 5.28 Å². The quantitative estimate of drug-likeness (QED) is 0.766. The van der Waals surface area contributed by atoms with Crippen molar-refractivity contribution in [1.82, 2.24) is 9.97 Å². The summed E-state index contributed by atoms with van der Waals surface area (Å²) in [5, 5.41) is 0.262. The Labute approximate surface area is 99.1 Å². The molecule has 1 aromatic carbocycles. The fraction of sp³-hybridized carbons (Fsp3) is 0.167. The molecule has 3 nitrogen and oxygen atoms in total. The van der Waals surface area contributed by atoms with E-state index in [-0.39, 0.29) is 5.28 Å². The van der Waals surface area contributed by atoms with E-state index in [1.54, 1.807) is 13.3 Å². The first-order valence-electron chi connectivity index (χ1n) is 4.86. The minimum atomic E-state index is 0.262. The van der Waals surface area contributed by atoms with Crippen molar-refractivity contribution < 1.29 is 4.74 Å². The molecule has 0 amide bonds. The van der Waals surface area contributed by atoms with Gasteiger partial charge in [-0.15, -0.1) is 0 Å². The third kappa shape index (κ3) is 2.56. The van der Waals surface area contributed by atoms with Gasteiger partial charge in [0, 0.05) is 18.9 Å². The molecule has 0 aliphatic heterocycles. The Morgan fingerprint density at radius 1 is 1.19 bits per heavy atom. The van der Waals surface area contributed by atoms with Gasteiger partial charge in [-0.25, -0.2) is 9.97 Å². The lowest BCUT2D eigenvalue weighted by molar-refractivity contribution is 0.185. The molecule has 0 fully saturated rings. The Morgan fingerprint density at radius 2 is 1.94 bits per heavy atom. The highest BCUT2D eigenvalue weighted by molar-refractivity contribution is 6.28. The fourth-order valence-electron chi connectivity index (χ4n) is 1.43. The normalized spacial score (nSPS) is 10.4. The van der Waals surface area contributed by atoms with Gasteiger partial charge < -0.3 is 4.74 Å². The minimum absolute atomic E-state index is 0.262. The average molecular weight is 235 g/mol. The predicted molar refractivity (Wildman–Crippen MR) is 63.2 cm³/mol. The Morgan fingerprint density at radius 3 is 2.56 bits per heavy atom. The zero-order chi connectivity index (χ0) is 11.4. The van der Waals surface area contributed by atoms with Crippen LogP contribution in [0.25, 0.3) is 11.3 Å².